The van der Waals surface area contributed by atoms with Gasteiger partial charge in [-0.05, 0) is 77.0 Å². The van der Waals surface area contributed by atoms with Crippen LogP contribution in [0.15, 0.2) is 48.6 Å². The first kappa shape index (κ1) is 87.6. The molecule has 1 fully saturated rings. The van der Waals surface area contributed by atoms with Gasteiger partial charge < -0.3 is 45.1 Å². The van der Waals surface area contributed by atoms with Crippen molar-refractivity contribution in [3.05, 3.63) is 48.6 Å². The van der Waals surface area contributed by atoms with E-state index in [2.05, 4.69) is 55.6 Å². The molecule has 0 radical (unpaired) electrons. The fourth-order valence-corrected chi connectivity index (χ4v) is 12.7. The second-order valence-electron chi connectivity index (χ2n) is 27.8. The highest BCUT2D eigenvalue weighted by Gasteiger charge is 2.44. The average molecular weight is 1300 g/mol. The fraction of sp³-hybridized carbons (Fsp3) is 0.877. The number of hydrogen-bond donors (Lipinski definition) is 6. The molecule has 7 atom stereocenters. The molecule has 0 aromatic carbocycles. The Labute approximate surface area is 567 Å². The molecule has 7 unspecified atom stereocenters. The van der Waals surface area contributed by atoms with Crippen LogP contribution in [-0.2, 0) is 23.8 Å². The van der Waals surface area contributed by atoms with Gasteiger partial charge in [-0.2, -0.15) is 0 Å². The van der Waals surface area contributed by atoms with E-state index in [-0.39, 0.29) is 18.5 Å². The summed E-state index contributed by atoms with van der Waals surface area (Å²) in [6.45, 7) is 4.36. The zero-order valence-corrected chi connectivity index (χ0v) is 60.3. The Bertz CT molecular complexity index is 1670. The van der Waals surface area contributed by atoms with Gasteiger partial charge in [0.1, 0.15) is 24.4 Å². The van der Waals surface area contributed by atoms with Crippen molar-refractivity contribution in [3.8, 4) is 0 Å². The summed E-state index contributed by atoms with van der Waals surface area (Å²) < 4.78 is 16.7. The van der Waals surface area contributed by atoms with Gasteiger partial charge in [0.25, 0.3) is 0 Å². The Kier molecular flexibility index (Phi) is 66.6. The van der Waals surface area contributed by atoms with Crippen molar-refractivity contribution in [2.24, 2.45) is 0 Å². The Balaban J connectivity index is 1.92. The van der Waals surface area contributed by atoms with Crippen LogP contribution in [0.3, 0.4) is 0 Å². The van der Waals surface area contributed by atoms with Crippen LogP contribution >= 0.6 is 0 Å². The maximum Gasteiger partial charge on any atom is 0.305 e. The van der Waals surface area contributed by atoms with Gasteiger partial charge in [-0.15, -0.1) is 0 Å². The molecule has 0 aliphatic carbocycles. The predicted octanol–water partition coefficient (Wildman–Crippen LogP) is 21.5. The summed E-state index contributed by atoms with van der Waals surface area (Å²) in [5.74, 6) is -0.172. The lowest BCUT2D eigenvalue weighted by atomic mass is 9.99. The van der Waals surface area contributed by atoms with E-state index in [1.165, 1.54) is 308 Å². The minimum atomic E-state index is -1.58. The summed E-state index contributed by atoms with van der Waals surface area (Å²) in [5.41, 5.74) is 0. The first-order valence-corrected chi connectivity index (χ1v) is 39.9. The van der Waals surface area contributed by atoms with Crippen molar-refractivity contribution in [1.82, 2.24) is 5.32 Å². The van der Waals surface area contributed by atoms with Crippen LogP contribution < -0.4 is 5.32 Å². The molecule has 1 aliphatic rings. The van der Waals surface area contributed by atoms with Crippen LogP contribution in [0.4, 0.5) is 0 Å². The van der Waals surface area contributed by atoms with Gasteiger partial charge in [-0.1, -0.05) is 351 Å². The van der Waals surface area contributed by atoms with Crippen molar-refractivity contribution in [3.63, 3.8) is 0 Å². The maximum absolute atomic E-state index is 13.1. The van der Waals surface area contributed by atoms with E-state index in [0.29, 0.717) is 19.4 Å². The van der Waals surface area contributed by atoms with Crippen molar-refractivity contribution in [1.29, 1.82) is 0 Å². The number of aliphatic hydroxyl groups is 5. The number of aliphatic hydroxyl groups excluding tert-OH is 5. The van der Waals surface area contributed by atoms with E-state index in [0.717, 1.165) is 57.8 Å². The minimum absolute atomic E-state index is 0.0155. The van der Waals surface area contributed by atoms with Crippen molar-refractivity contribution in [2.75, 3.05) is 19.8 Å². The van der Waals surface area contributed by atoms with E-state index < -0.39 is 49.5 Å². The molecule has 1 rings (SSSR count). The van der Waals surface area contributed by atoms with Gasteiger partial charge in [-0.3, -0.25) is 9.59 Å². The van der Waals surface area contributed by atoms with Crippen LogP contribution in [0.1, 0.15) is 393 Å². The highest BCUT2D eigenvalue weighted by molar-refractivity contribution is 5.76. The number of hydrogen-bond acceptors (Lipinski definition) is 10. The number of carbonyl (C=O) groups is 2. The smallest absolute Gasteiger partial charge is 0.305 e. The molecule has 0 aromatic rings. The summed E-state index contributed by atoms with van der Waals surface area (Å²) >= 11 is 0. The Morgan fingerprint density at radius 1 is 0.402 bits per heavy atom. The van der Waals surface area contributed by atoms with E-state index in [9.17, 15) is 35.1 Å². The molecule has 11 heteroatoms. The number of ether oxygens (including phenoxy) is 3. The zero-order valence-electron chi connectivity index (χ0n) is 60.3. The number of rotatable bonds is 71. The molecule has 0 aromatic heterocycles. The number of amides is 1. The fourth-order valence-electron chi connectivity index (χ4n) is 12.7. The van der Waals surface area contributed by atoms with Crippen molar-refractivity contribution in [2.45, 2.75) is 436 Å². The molecule has 1 saturated heterocycles. The lowest BCUT2D eigenvalue weighted by Crippen LogP contribution is -2.60. The van der Waals surface area contributed by atoms with Crippen LogP contribution in [-0.4, -0.2) is 100 Å². The number of nitrogens with one attached hydrogen (secondary N) is 1. The van der Waals surface area contributed by atoms with E-state index in [1.54, 1.807) is 6.08 Å². The molecule has 0 saturated carbocycles. The molecular weight excluding hydrogens is 1150 g/mol. The molecule has 6 N–H and O–H groups in total. The highest BCUT2D eigenvalue weighted by atomic mass is 16.7. The topological polar surface area (TPSA) is 175 Å². The van der Waals surface area contributed by atoms with E-state index >= 15 is 0 Å². The minimum Gasteiger partial charge on any atom is -0.466 e. The molecule has 0 spiro atoms. The van der Waals surface area contributed by atoms with Gasteiger partial charge in [-0.25, -0.2) is 0 Å². The summed E-state index contributed by atoms with van der Waals surface area (Å²) in [4.78, 5) is 25.1. The van der Waals surface area contributed by atoms with Crippen molar-refractivity contribution >= 4 is 11.9 Å². The van der Waals surface area contributed by atoms with Crippen LogP contribution in [0.5, 0.6) is 0 Å². The Morgan fingerprint density at radius 3 is 1.14 bits per heavy atom. The van der Waals surface area contributed by atoms with Crippen LogP contribution in [0, 0.1) is 0 Å². The van der Waals surface area contributed by atoms with E-state index in [1.807, 2.05) is 6.08 Å². The Morgan fingerprint density at radius 2 is 0.739 bits per heavy atom. The highest BCUT2D eigenvalue weighted by Crippen LogP contribution is 2.24. The molecule has 11 nitrogen and oxygen atoms in total. The molecule has 540 valence electrons. The SMILES string of the molecule is CCCCCCCCC/C=C/CC/C=C/C(O)C(COC1OC(CO)C(O)C(O)C1O)NC(=O)CCCCCCCCCCCCCCCCCCC/C=C\C/C=C\CCCCCCCCCCCCCCCCCOC(=O)CCCCCCCCCCCCCC. The lowest BCUT2D eigenvalue weighted by molar-refractivity contribution is -0.302. The summed E-state index contributed by atoms with van der Waals surface area (Å²) in [7, 11) is 0. The van der Waals surface area contributed by atoms with Crippen LogP contribution in [0.2, 0.25) is 0 Å². The Hall–Kier alpha value is -2.38. The molecule has 1 aliphatic heterocycles. The normalized spacial score (nSPS) is 17.8. The summed E-state index contributed by atoms with van der Waals surface area (Å²) in [6, 6.07) is -0.826. The first-order valence-electron chi connectivity index (χ1n) is 39.9. The van der Waals surface area contributed by atoms with Gasteiger partial charge in [0, 0.05) is 12.8 Å². The monoisotopic (exact) mass is 1300 g/mol. The number of carbonyl (C=O) groups excluding carboxylic acids is 2. The quantitative estimate of drug-likeness (QED) is 0.0195. The van der Waals surface area contributed by atoms with Gasteiger partial charge >= 0.3 is 5.97 Å². The standard InChI is InChI=1S/C81H151NO10/c1-3-5-7-9-11-13-15-44-47-51-55-59-63-67-74(84)73(72-91-81-80(89)79(88)78(87)75(71-83)92-81)82-76(85)68-64-60-56-52-48-45-42-40-38-36-34-32-30-28-26-24-22-20-18-17-19-21-23-25-27-29-31-33-35-37-39-41-43-46-50-54-58-62-66-70-90-77(86)69-65-61-57-53-49-16-14-12-10-8-6-4-2/h17-18,21,23,47,51,63,67,73-75,78-81,83-84,87-89H,3-16,19-20,22,24-46,48-50,52-62,64-66,68-72H2,1-2H3,(H,82,85)/b18-17-,23-21-,51-47+,67-63+. The third-order valence-electron chi connectivity index (χ3n) is 18.9. The number of esters is 1. The molecule has 92 heavy (non-hydrogen) atoms. The third-order valence-corrected chi connectivity index (χ3v) is 18.9. The zero-order chi connectivity index (χ0) is 66.5. The lowest BCUT2D eigenvalue weighted by Gasteiger charge is -2.40. The number of allylic oxidation sites excluding steroid dienone is 7. The molecule has 0 bridgehead atoms. The molecular formula is C81H151NO10. The largest absolute Gasteiger partial charge is 0.466 e. The maximum atomic E-state index is 13.1. The van der Waals surface area contributed by atoms with Gasteiger partial charge in [0.2, 0.25) is 5.91 Å². The predicted molar refractivity (Wildman–Crippen MR) is 389 cm³/mol. The third kappa shape index (κ3) is 57.8. The van der Waals surface area contributed by atoms with Gasteiger partial charge in [0.05, 0.1) is 32.0 Å². The van der Waals surface area contributed by atoms with E-state index in [4.69, 9.17) is 14.2 Å². The second kappa shape index (κ2) is 70.0. The summed E-state index contributed by atoms with van der Waals surface area (Å²) in [6.07, 6.45) is 82.9. The molecule has 1 heterocycles. The van der Waals surface area contributed by atoms with Crippen LogP contribution in [0.25, 0.3) is 0 Å². The van der Waals surface area contributed by atoms with Crippen molar-refractivity contribution < 1.29 is 49.3 Å². The molecule has 1 amide bonds. The van der Waals surface area contributed by atoms with Gasteiger partial charge in [0.15, 0.2) is 6.29 Å². The average Bonchev–Trinajstić information content (AvgIpc) is 0.990. The second-order valence-corrected chi connectivity index (χ2v) is 27.8. The number of unbranched alkanes of at least 4 members (excludes halogenated alkanes) is 51. The summed E-state index contributed by atoms with van der Waals surface area (Å²) in [5, 5.41) is 54.5. The first-order chi connectivity index (χ1) is 45.2.